The highest BCUT2D eigenvalue weighted by atomic mass is 79.9. The van der Waals surface area contributed by atoms with Crippen molar-refractivity contribution in [1.82, 2.24) is 0 Å². The second-order valence-electron chi connectivity index (χ2n) is 12.7. The van der Waals surface area contributed by atoms with Gasteiger partial charge in [0.25, 0.3) is 0 Å². The summed E-state index contributed by atoms with van der Waals surface area (Å²) >= 11 is 0. The minimum atomic E-state index is -0.552. The predicted molar refractivity (Wildman–Crippen MR) is 199 cm³/mol. The molecule has 0 aliphatic rings. The van der Waals surface area contributed by atoms with Gasteiger partial charge in [-0.15, -0.1) is 17.0 Å². The molecule has 1 unspecified atom stereocenters. The van der Waals surface area contributed by atoms with Crippen molar-refractivity contribution in [1.29, 1.82) is 0 Å². The lowest BCUT2D eigenvalue weighted by Gasteiger charge is -2.16. The molecule has 0 aliphatic heterocycles. The van der Waals surface area contributed by atoms with E-state index in [1.807, 2.05) is 0 Å². The van der Waals surface area contributed by atoms with Gasteiger partial charge in [0, 0.05) is 19.4 Å². The molecule has 0 spiro atoms. The van der Waals surface area contributed by atoms with Gasteiger partial charge in [0.1, 0.15) is 12.7 Å². The maximum absolute atomic E-state index is 12.2. The van der Waals surface area contributed by atoms with Crippen LogP contribution in [-0.4, -0.2) is 31.2 Å². The Morgan fingerprint density at radius 1 is 0.511 bits per heavy atom. The van der Waals surface area contributed by atoms with Crippen molar-refractivity contribution in [2.45, 2.75) is 200 Å². The summed E-state index contributed by atoms with van der Waals surface area (Å²) in [6.45, 7) is 4.74. The number of halogens is 1. The molecular weight excluding hydrogens is 626 g/mol. The van der Waals surface area contributed by atoms with Crippen LogP contribution in [0.1, 0.15) is 194 Å². The first kappa shape index (κ1) is 46.0. The predicted octanol–water partition coefficient (Wildman–Crippen LogP) is 12.1. The van der Waals surface area contributed by atoms with Crippen molar-refractivity contribution in [3.05, 3.63) is 24.3 Å². The van der Waals surface area contributed by atoms with Gasteiger partial charge in [-0.25, -0.2) is 0 Å². The van der Waals surface area contributed by atoms with E-state index >= 15 is 0 Å². The quantitative estimate of drug-likeness (QED) is 0.0411. The highest BCUT2D eigenvalue weighted by molar-refractivity contribution is 8.93. The third-order valence-corrected chi connectivity index (χ3v) is 8.28. The lowest BCUT2D eigenvalue weighted by Crippen LogP contribution is -2.32. The van der Waals surface area contributed by atoms with E-state index in [-0.39, 0.29) is 42.1 Å². The molecule has 0 aliphatic carbocycles. The standard InChI is InChI=1S/C39H73NO4.BrH/c1-3-5-7-9-11-13-15-17-19-21-23-25-27-29-31-33-38(41)43-36-37(35-40)44-39(42)34-32-30-28-26-24-22-20-18-16-14-12-10-8-6-4-2;/h17-20,37H,3-16,21-36,40H2,1-2H3;1H/b19-17-,20-18-;. The Morgan fingerprint density at radius 2 is 0.844 bits per heavy atom. The maximum atomic E-state index is 12.2. The van der Waals surface area contributed by atoms with Crippen molar-refractivity contribution in [2.24, 2.45) is 5.73 Å². The Bertz CT molecular complexity index is 682. The molecule has 45 heavy (non-hydrogen) atoms. The first-order valence-corrected chi connectivity index (χ1v) is 19.0. The third kappa shape index (κ3) is 37.2. The van der Waals surface area contributed by atoms with E-state index in [2.05, 4.69) is 38.2 Å². The fourth-order valence-electron chi connectivity index (χ4n) is 5.33. The molecule has 0 fully saturated rings. The number of carbonyl (C=O) groups is 2. The molecule has 1 atom stereocenters. The molecule has 0 aromatic rings. The molecular formula is C39H74BrNO4. The van der Waals surface area contributed by atoms with Crippen LogP contribution < -0.4 is 5.73 Å². The topological polar surface area (TPSA) is 78.6 Å². The number of esters is 2. The summed E-state index contributed by atoms with van der Waals surface area (Å²) in [5.74, 6) is -0.472. The second-order valence-corrected chi connectivity index (χ2v) is 12.7. The summed E-state index contributed by atoms with van der Waals surface area (Å²) in [4.78, 5) is 24.3. The zero-order valence-electron chi connectivity index (χ0n) is 29.7. The minimum absolute atomic E-state index is 0. The van der Waals surface area contributed by atoms with Crippen LogP contribution in [0.15, 0.2) is 24.3 Å². The van der Waals surface area contributed by atoms with Crippen LogP contribution in [0.5, 0.6) is 0 Å². The van der Waals surface area contributed by atoms with Gasteiger partial charge >= 0.3 is 11.9 Å². The molecule has 0 bridgehead atoms. The summed E-state index contributed by atoms with van der Waals surface area (Å²) in [6.07, 6.45) is 41.6. The molecule has 6 heteroatoms. The summed E-state index contributed by atoms with van der Waals surface area (Å²) < 4.78 is 10.8. The molecule has 0 saturated carbocycles. The summed E-state index contributed by atoms with van der Waals surface area (Å²) in [5, 5.41) is 0. The molecule has 0 aromatic heterocycles. The first-order chi connectivity index (χ1) is 21.6. The highest BCUT2D eigenvalue weighted by Gasteiger charge is 2.15. The molecule has 0 rings (SSSR count). The van der Waals surface area contributed by atoms with Crippen molar-refractivity contribution < 1.29 is 19.1 Å². The summed E-state index contributed by atoms with van der Waals surface area (Å²) in [6, 6.07) is 0. The van der Waals surface area contributed by atoms with Crippen LogP contribution in [0.4, 0.5) is 0 Å². The van der Waals surface area contributed by atoms with Gasteiger partial charge in [-0.2, -0.15) is 0 Å². The fraction of sp³-hybridized carbons (Fsp3) is 0.846. The van der Waals surface area contributed by atoms with Gasteiger partial charge < -0.3 is 15.2 Å². The van der Waals surface area contributed by atoms with Gasteiger partial charge in [-0.05, 0) is 64.2 Å². The van der Waals surface area contributed by atoms with Crippen LogP contribution in [0, 0.1) is 0 Å². The molecule has 5 nitrogen and oxygen atoms in total. The number of allylic oxidation sites excluding steroid dienone is 4. The zero-order chi connectivity index (χ0) is 32.2. The van der Waals surface area contributed by atoms with Crippen molar-refractivity contribution >= 4 is 28.9 Å². The van der Waals surface area contributed by atoms with Crippen LogP contribution in [-0.2, 0) is 19.1 Å². The smallest absolute Gasteiger partial charge is 0.306 e. The fourth-order valence-corrected chi connectivity index (χ4v) is 5.33. The Hall–Kier alpha value is -1.14. The zero-order valence-corrected chi connectivity index (χ0v) is 31.4. The number of nitrogens with two attached hydrogens (primary N) is 1. The number of rotatable bonds is 34. The van der Waals surface area contributed by atoms with Gasteiger partial charge in [0.2, 0.25) is 0 Å². The van der Waals surface area contributed by atoms with Crippen molar-refractivity contribution in [2.75, 3.05) is 13.2 Å². The van der Waals surface area contributed by atoms with E-state index in [0.717, 1.165) is 51.4 Å². The van der Waals surface area contributed by atoms with E-state index < -0.39 is 6.10 Å². The number of hydrogen-bond acceptors (Lipinski definition) is 5. The lowest BCUT2D eigenvalue weighted by molar-refractivity contribution is -0.158. The lowest BCUT2D eigenvalue weighted by atomic mass is 10.1. The van der Waals surface area contributed by atoms with Gasteiger partial charge in [-0.1, -0.05) is 141 Å². The monoisotopic (exact) mass is 699 g/mol. The normalized spacial score (nSPS) is 12.1. The van der Waals surface area contributed by atoms with E-state index in [1.165, 1.54) is 116 Å². The molecule has 2 N–H and O–H groups in total. The van der Waals surface area contributed by atoms with Gasteiger partial charge in [0.05, 0.1) is 0 Å². The molecule has 266 valence electrons. The summed E-state index contributed by atoms with van der Waals surface area (Å²) in [7, 11) is 0. The minimum Gasteiger partial charge on any atom is -0.462 e. The molecule has 0 heterocycles. The van der Waals surface area contributed by atoms with E-state index in [9.17, 15) is 9.59 Å². The third-order valence-electron chi connectivity index (χ3n) is 8.28. The van der Waals surface area contributed by atoms with Crippen LogP contribution in [0.25, 0.3) is 0 Å². The van der Waals surface area contributed by atoms with Crippen molar-refractivity contribution in [3.63, 3.8) is 0 Å². The average molecular weight is 701 g/mol. The summed E-state index contributed by atoms with van der Waals surface area (Å²) in [5.41, 5.74) is 5.75. The van der Waals surface area contributed by atoms with Crippen LogP contribution in [0.3, 0.4) is 0 Å². The molecule has 0 saturated heterocycles. The van der Waals surface area contributed by atoms with Gasteiger partial charge in [0.15, 0.2) is 0 Å². The number of hydrogen-bond donors (Lipinski definition) is 1. The van der Waals surface area contributed by atoms with E-state index in [0.29, 0.717) is 12.8 Å². The average Bonchev–Trinajstić information content (AvgIpc) is 3.02. The van der Waals surface area contributed by atoms with Crippen molar-refractivity contribution in [3.8, 4) is 0 Å². The van der Waals surface area contributed by atoms with E-state index in [1.54, 1.807) is 0 Å². The molecule has 0 amide bonds. The Morgan fingerprint density at radius 3 is 1.22 bits per heavy atom. The second kappa shape index (κ2) is 39.0. The van der Waals surface area contributed by atoms with Gasteiger partial charge in [-0.3, -0.25) is 9.59 Å². The van der Waals surface area contributed by atoms with Crippen LogP contribution in [0.2, 0.25) is 0 Å². The Labute approximate surface area is 290 Å². The number of ether oxygens (including phenoxy) is 2. The SMILES string of the molecule is Br.CCCCCCCC/C=C\CCCCCCCC(=O)OCC(CN)OC(=O)CCCCCCC/C=C\CCCCCCCC. The number of unbranched alkanes of at least 4 members (excludes halogenated alkanes) is 22. The number of carbonyl (C=O) groups excluding carboxylic acids is 2. The van der Waals surface area contributed by atoms with Crippen LogP contribution >= 0.6 is 17.0 Å². The largest absolute Gasteiger partial charge is 0.462 e. The Kier molecular flexibility index (Phi) is 39.9. The molecule has 0 radical (unpaired) electrons. The molecule has 0 aromatic carbocycles. The Balaban J connectivity index is 0. The first-order valence-electron chi connectivity index (χ1n) is 19.0. The van der Waals surface area contributed by atoms with E-state index in [4.69, 9.17) is 15.2 Å². The highest BCUT2D eigenvalue weighted by Crippen LogP contribution is 2.12. The maximum Gasteiger partial charge on any atom is 0.306 e.